The van der Waals surface area contributed by atoms with Gasteiger partial charge in [0.05, 0.1) is 0 Å². The number of ether oxygens (including phenoxy) is 1. The quantitative estimate of drug-likeness (QED) is 0.923. The fourth-order valence-corrected chi connectivity index (χ4v) is 1.74. The number of carboxylic acids is 1. The zero-order valence-corrected chi connectivity index (χ0v) is 12.5. The summed E-state index contributed by atoms with van der Waals surface area (Å²) in [5.74, 6) is -1.11. The number of likely N-dealkylation sites (N-methyl/N-ethyl adjacent to an activating group) is 1. The van der Waals surface area contributed by atoms with Gasteiger partial charge in [-0.3, -0.25) is 4.90 Å². The van der Waals surface area contributed by atoms with E-state index in [-0.39, 0.29) is 0 Å². The Morgan fingerprint density at radius 2 is 1.60 bits per heavy atom. The van der Waals surface area contributed by atoms with Crippen LogP contribution in [0.1, 0.15) is 33.3 Å². The maximum Gasteiger partial charge on any atom is 0.411 e. The molecule has 1 aromatic carbocycles. The van der Waals surface area contributed by atoms with Crippen molar-refractivity contribution in [3.63, 3.8) is 0 Å². The first-order valence-electron chi connectivity index (χ1n) is 6.35. The Kier molecular flexibility index (Phi) is 4.43. The van der Waals surface area contributed by atoms with E-state index < -0.39 is 23.2 Å². The van der Waals surface area contributed by atoms with Crippen LogP contribution in [0.2, 0.25) is 0 Å². The predicted molar refractivity (Wildman–Crippen MR) is 75.4 cm³/mol. The summed E-state index contributed by atoms with van der Waals surface area (Å²) in [7, 11) is 1.43. The molecule has 0 heterocycles. The molecule has 0 aliphatic heterocycles. The molecule has 0 saturated carbocycles. The highest BCUT2D eigenvalue weighted by Gasteiger charge is 2.43. The molecule has 110 valence electrons. The van der Waals surface area contributed by atoms with Gasteiger partial charge in [-0.05, 0) is 33.3 Å². The third-order valence-electron chi connectivity index (χ3n) is 3.09. The average molecular weight is 279 g/mol. The van der Waals surface area contributed by atoms with Gasteiger partial charge in [0.2, 0.25) is 0 Å². The summed E-state index contributed by atoms with van der Waals surface area (Å²) in [6, 6.07) is 8.61. The fraction of sp³-hybridized carbons (Fsp3) is 0.467. The monoisotopic (exact) mass is 279 g/mol. The molecular weight excluding hydrogens is 258 g/mol. The van der Waals surface area contributed by atoms with Crippen LogP contribution in [0, 0.1) is 0 Å². The Balaban J connectivity index is 3.15. The van der Waals surface area contributed by atoms with Crippen molar-refractivity contribution in [1.82, 2.24) is 4.90 Å². The van der Waals surface area contributed by atoms with Gasteiger partial charge in [0.25, 0.3) is 0 Å². The van der Waals surface area contributed by atoms with Gasteiger partial charge in [-0.25, -0.2) is 9.59 Å². The second-order valence-corrected chi connectivity index (χ2v) is 5.78. The number of hydrogen-bond acceptors (Lipinski definition) is 3. The van der Waals surface area contributed by atoms with E-state index in [1.54, 1.807) is 51.1 Å². The number of carboxylic acid groups (broad SMARTS) is 1. The number of nitrogens with zero attached hydrogens (tertiary/aromatic N) is 1. The van der Waals surface area contributed by atoms with Crippen LogP contribution in [0.3, 0.4) is 0 Å². The van der Waals surface area contributed by atoms with Crippen molar-refractivity contribution < 1.29 is 19.4 Å². The van der Waals surface area contributed by atoms with Crippen LogP contribution in [-0.4, -0.2) is 34.7 Å². The first kappa shape index (κ1) is 16.0. The van der Waals surface area contributed by atoms with E-state index in [1.807, 2.05) is 0 Å². The third kappa shape index (κ3) is 3.29. The van der Waals surface area contributed by atoms with Gasteiger partial charge in [0.1, 0.15) is 5.60 Å². The number of rotatable bonds is 3. The van der Waals surface area contributed by atoms with Crippen molar-refractivity contribution in [3.05, 3.63) is 35.9 Å². The van der Waals surface area contributed by atoms with Gasteiger partial charge in [0, 0.05) is 7.05 Å². The van der Waals surface area contributed by atoms with Gasteiger partial charge in [0.15, 0.2) is 5.54 Å². The molecule has 0 spiro atoms. The summed E-state index contributed by atoms with van der Waals surface area (Å²) < 4.78 is 5.24. The molecule has 1 atom stereocenters. The lowest BCUT2D eigenvalue weighted by atomic mass is 9.91. The minimum absolute atomic E-state index is 0.515. The van der Waals surface area contributed by atoms with Gasteiger partial charge in [-0.1, -0.05) is 30.3 Å². The number of carbonyl (C=O) groups excluding carboxylic acids is 1. The van der Waals surface area contributed by atoms with Crippen LogP contribution in [0.4, 0.5) is 4.79 Å². The third-order valence-corrected chi connectivity index (χ3v) is 3.09. The Bertz CT molecular complexity index is 492. The molecule has 0 radical (unpaired) electrons. The standard InChI is InChI=1S/C15H21NO4/c1-14(2,3)20-13(19)16(5)15(4,12(17)18)11-9-7-6-8-10-11/h6-10H,1-5H3,(H,17,18)/t15-/m1/s1. The van der Waals surface area contributed by atoms with Crippen LogP contribution in [-0.2, 0) is 15.1 Å². The van der Waals surface area contributed by atoms with E-state index in [1.165, 1.54) is 14.0 Å². The topological polar surface area (TPSA) is 66.8 Å². The van der Waals surface area contributed by atoms with Gasteiger partial charge >= 0.3 is 12.1 Å². The van der Waals surface area contributed by atoms with E-state index in [0.717, 1.165) is 4.90 Å². The molecule has 5 nitrogen and oxygen atoms in total. The van der Waals surface area contributed by atoms with E-state index in [9.17, 15) is 14.7 Å². The molecule has 0 aliphatic rings. The second-order valence-electron chi connectivity index (χ2n) is 5.78. The molecule has 0 fully saturated rings. The van der Waals surface area contributed by atoms with Crippen molar-refractivity contribution in [2.45, 2.75) is 38.8 Å². The molecule has 1 N–H and O–H groups in total. The highest BCUT2D eigenvalue weighted by molar-refractivity contribution is 5.85. The van der Waals surface area contributed by atoms with Gasteiger partial charge in [-0.15, -0.1) is 0 Å². The molecule has 1 rings (SSSR count). The minimum atomic E-state index is -1.48. The van der Waals surface area contributed by atoms with Crippen LogP contribution in [0.25, 0.3) is 0 Å². The van der Waals surface area contributed by atoms with E-state index >= 15 is 0 Å². The summed E-state index contributed by atoms with van der Waals surface area (Å²) in [6.07, 6.45) is -0.675. The molecule has 0 bridgehead atoms. The zero-order valence-electron chi connectivity index (χ0n) is 12.5. The molecule has 1 amide bonds. The number of carbonyl (C=O) groups is 2. The van der Waals surface area contributed by atoms with E-state index in [4.69, 9.17) is 4.74 Å². The van der Waals surface area contributed by atoms with Crippen molar-refractivity contribution in [1.29, 1.82) is 0 Å². The maximum atomic E-state index is 12.1. The highest BCUT2D eigenvalue weighted by Crippen LogP contribution is 2.29. The van der Waals surface area contributed by atoms with E-state index in [0.29, 0.717) is 5.56 Å². The maximum absolute atomic E-state index is 12.1. The van der Waals surface area contributed by atoms with E-state index in [2.05, 4.69) is 0 Å². The lowest BCUT2D eigenvalue weighted by Gasteiger charge is -2.36. The number of hydrogen-bond donors (Lipinski definition) is 1. The van der Waals surface area contributed by atoms with Crippen LogP contribution < -0.4 is 0 Å². The zero-order chi connectivity index (χ0) is 15.6. The van der Waals surface area contributed by atoms with Crippen molar-refractivity contribution in [3.8, 4) is 0 Å². The average Bonchev–Trinajstić information content (AvgIpc) is 2.35. The SMILES string of the molecule is CN(C(=O)OC(C)(C)C)[C@@](C)(C(=O)O)c1ccccc1. The smallest absolute Gasteiger partial charge is 0.411 e. The molecule has 20 heavy (non-hydrogen) atoms. The van der Waals surface area contributed by atoms with Crippen LogP contribution >= 0.6 is 0 Å². The molecule has 0 aliphatic carbocycles. The Morgan fingerprint density at radius 3 is 2.00 bits per heavy atom. The van der Waals surface area contributed by atoms with Crippen molar-refractivity contribution in [2.75, 3.05) is 7.05 Å². The molecule has 0 unspecified atom stereocenters. The predicted octanol–water partition coefficient (Wildman–Crippen LogP) is 2.85. The normalized spacial score (nSPS) is 14.2. The molecule has 0 aromatic heterocycles. The Morgan fingerprint density at radius 1 is 1.10 bits per heavy atom. The largest absolute Gasteiger partial charge is 0.479 e. The van der Waals surface area contributed by atoms with Gasteiger partial charge < -0.3 is 9.84 Å². The summed E-state index contributed by atoms with van der Waals surface area (Å²) >= 11 is 0. The van der Waals surface area contributed by atoms with Crippen LogP contribution in [0.15, 0.2) is 30.3 Å². The minimum Gasteiger partial charge on any atom is -0.479 e. The number of aliphatic carboxylic acids is 1. The Hall–Kier alpha value is -2.04. The first-order valence-corrected chi connectivity index (χ1v) is 6.35. The molecule has 0 saturated heterocycles. The lowest BCUT2D eigenvalue weighted by Crippen LogP contribution is -2.51. The summed E-state index contributed by atoms with van der Waals surface area (Å²) in [5.41, 5.74) is -1.65. The van der Waals surface area contributed by atoms with Crippen molar-refractivity contribution in [2.24, 2.45) is 0 Å². The van der Waals surface area contributed by atoms with Gasteiger partial charge in [-0.2, -0.15) is 0 Å². The van der Waals surface area contributed by atoms with Crippen molar-refractivity contribution >= 4 is 12.1 Å². The summed E-state index contributed by atoms with van der Waals surface area (Å²) in [6.45, 7) is 6.69. The lowest BCUT2D eigenvalue weighted by molar-refractivity contribution is -0.150. The fourth-order valence-electron chi connectivity index (χ4n) is 1.74. The molecule has 5 heteroatoms. The molecule has 1 aromatic rings. The summed E-state index contributed by atoms with van der Waals surface area (Å²) in [4.78, 5) is 24.9. The van der Waals surface area contributed by atoms with Crippen LogP contribution in [0.5, 0.6) is 0 Å². The first-order chi connectivity index (χ1) is 9.09. The summed E-state index contributed by atoms with van der Waals surface area (Å²) in [5, 5.41) is 9.55. The number of amides is 1. The second kappa shape index (κ2) is 5.53. The highest BCUT2D eigenvalue weighted by atomic mass is 16.6. The Labute approximate surface area is 119 Å². The molecular formula is C15H21NO4. The number of benzene rings is 1.